The van der Waals surface area contributed by atoms with Gasteiger partial charge in [-0.05, 0) is 54.4 Å². The van der Waals surface area contributed by atoms with Gasteiger partial charge in [0.25, 0.3) is 0 Å². The van der Waals surface area contributed by atoms with Crippen LogP contribution in [-0.4, -0.2) is 15.6 Å². The van der Waals surface area contributed by atoms with Crippen molar-refractivity contribution in [2.45, 2.75) is 25.8 Å². The van der Waals surface area contributed by atoms with Crippen LogP contribution in [0.2, 0.25) is 6.04 Å². The van der Waals surface area contributed by atoms with Gasteiger partial charge in [0, 0.05) is 6.61 Å². The highest BCUT2D eigenvalue weighted by Crippen LogP contribution is 2.19. The summed E-state index contributed by atoms with van der Waals surface area (Å²) in [4.78, 5) is 0. The minimum absolute atomic E-state index is 0.656. The Kier molecular flexibility index (Phi) is 7.05. The molecule has 0 N–H and O–H groups in total. The first-order chi connectivity index (χ1) is 12.8. The number of para-hydroxylation sites is 2. The number of ether oxygens (including phenoxy) is 1. The lowest BCUT2D eigenvalue weighted by molar-refractivity contribution is 0.294. The van der Waals surface area contributed by atoms with E-state index in [-0.39, 0.29) is 0 Å². The summed E-state index contributed by atoms with van der Waals surface area (Å²) in [6.45, 7) is 3.16. The first-order valence-electron chi connectivity index (χ1n) is 9.15. The van der Waals surface area contributed by atoms with Crippen LogP contribution in [0, 0.1) is 6.92 Å². The Bertz CT molecular complexity index is 731. The highest BCUT2D eigenvalue weighted by molar-refractivity contribution is 6.68. The Morgan fingerprint density at radius 2 is 1.31 bits per heavy atom. The van der Waals surface area contributed by atoms with Crippen molar-refractivity contribution in [1.29, 1.82) is 0 Å². The third-order valence-electron chi connectivity index (χ3n) is 4.24. The van der Waals surface area contributed by atoms with Crippen LogP contribution in [0.3, 0.4) is 0 Å². The van der Waals surface area contributed by atoms with E-state index in [2.05, 4.69) is 31.2 Å². The third-order valence-corrected chi connectivity index (χ3v) is 6.76. The summed E-state index contributed by atoms with van der Waals surface area (Å²) in [6, 6.07) is 29.4. The molecule has 3 aromatic rings. The van der Waals surface area contributed by atoms with Crippen LogP contribution in [0.25, 0.3) is 0 Å². The molecule has 1 fully saturated rings. The lowest BCUT2D eigenvalue weighted by Crippen LogP contribution is -2.37. The summed E-state index contributed by atoms with van der Waals surface area (Å²) in [5.41, 5.74) is 1.40. The zero-order valence-electron chi connectivity index (χ0n) is 15.2. The van der Waals surface area contributed by atoms with Crippen molar-refractivity contribution in [3.63, 3.8) is 0 Å². The zero-order chi connectivity index (χ0) is 18.0. The van der Waals surface area contributed by atoms with E-state index in [9.17, 15) is 0 Å². The van der Waals surface area contributed by atoms with Crippen molar-refractivity contribution >= 4 is 14.2 Å². The van der Waals surface area contributed by atoms with Crippen LogP contribution in [0.4, 0.5) is 0 Å². The molecule has 0 bridgehead atoms. The molecule has 0 saturated carbocycles. The Hall–Kier alpha value is -2.36. The summed E-state index contributed by atoms with van der Waals surface area (Å²) < 4.78 is 11.4. The molecule has 1 aliphatic rings. The van der Waals surface area contributed by atoms with Crippen LogP contribution >= 0.6 is 0 Å². The molecule has 26 heavy (non-hydrogen) atoms. The highest BCUT2D eigenvalue weighted by atomic mass is 28.3. The van der Waals surface area contributed by atoms with Gasteiger partial charge in [-0.15, -0.1) is 0 Å². The van der Waals surface area contributed by atoms with E-state index in [1.165, 1.54) is 29.6 Å². The molecule has 1 radical (unpaired) electrons. The SMILES string of the molecule is Cc1ccccc1[Si]1CCCCO1.c1ccc(Oc2ccccc2)cc1. The summed E-state index contributed by atoms with van der Waals surface area (Å²) >= 11 is 0. The first-order valence-corrected chi connectivity index (χ1v) is 10.8. The molecule has 3 aromatic carbocycles. The van der Waals surface area contributed by atoms with Gasteiger partial charge in [0.1, 0.15) is 11.5 Å². The quantitative estimate of drug-likeness (QED) is 0.575. The summed E-state index contributed by atoms with van der Waals surface area (Å²) in [7, 11) is -0.656. The Morgan fingerprint density at radius 1 is 0.731 bits per heavy atom. The smallest absolute Gasteiger partial charge is 0.246 e. The molecule has 0 unspecified atom stereocenters. The van der Waals surface area contributed by atoms with Crippen LogP contribution in [0.1, 0.15) is 18.4 Å². The monoisotopic (exact) mass is 361 g/mol. The van der Waals surface area contributed by atoms with Crippen molar-refractivity contribution in [1.82, 2.24) is 0 Å². The molecule has 1 heterocycles. The van der Waals surface area contributed by atoms with Crippen LogP contribution in [0.15, 0.2) is 84.9 Å². The third kappa shape index (κ3) is 5.58. The number of benzene rings is 3. The molecule has 0 spiro atoms. The van der Waals surface area contributed by atoms with E-state index < -0.39 is 9.04 Å². The Labute approximate surface area is 158 Å². The maximum absolute atomic E-state index is 5.85. The number of hydrogen-bond donors (Lipinski definition) is 0. The molecule has 0 atom stereocenters. The van der Waals surface area contributed by atoms with Gasteiger partial charge in [-0.2, -0.15) is 0 Å². The fraction of sp³-hybridized carbons (Fsp3) is 0.217. The topological polar surface area (TPSA) is 18.5 Å². The van der Waals surface area contributed by atoms with Gasteiger partial charge in [-0.1, -0.05) is 67.1 Å². The van der Waals surface area contributed by atoms with E-state index in [0.29, 0.717) is 0 Å². The standard InChI is InChI=1S/C12H10O.C11H15OSi/c1-3-7-11(8-4-1)13-12-9-5-2-6-10-12;1-10-6-2-3-7-11(10)13-9-5-4-8-12-13/h1-10H;2-3,6-7H,4-5,8-9H2,1H3. The maximum atomic E-state index is 5.85. The van der Waals surface area contributed by atoms with Gasteiger partial charge in [0.15, 0.2) is 0 Å². The molecule has 0 amide bonds. The van der Waals surface area contributed by atoms with E-state index in [0.717, 1.165) is 18.1 Å². The fourth-order valence-corrected chi connectivity index (χ4v) is 5.20. The predicted octanol–water partition coefficient (Wildman–Crippen LogP) is 5.48. The maximum Gasteiger partial charge on any atom is 0.246 e. The summed E-state index contributed by atoms with van der Waals surface area (Å²) in [6.07, 6.45) is 2.60. The van der Waals surface area contributed by atoms with Gasteiger partial charge >= 0.3 is 0 Å². The average molecular weight is 362 g/mol. The Balaban J connectivity index is 0.000000151. The van der Waals surface area contributed by atoms with E-state index in [4.69, 9.17) is 9.16 Å². The van der Waals surface area contributed by atoms with Gasteiger partial charge < -0.3 is 9.16 Å². The first kappa shape index (κ1) is 18.4. The molecule has 133 valence electrons. The van der Waals surface area contributed by atoms with Crippen LogP contribution < -0.4 is 9.92 Å². The van der Waals surface area contributed by atoms with E-state index in [1.54, 1.807) is 0 Å². The predicted molar refractivity (Wildman–Crippen MR) is 110 cm³/mol. The van der Waals surface area contributed by atoms with Crippen molar-refractivity contribution in [3.8, 4) is 11.5 Å². The summed E-state index contributed by atoms with van der Waals surface area (Å²) in [5.74, 6) is 1.74. The van der Waals surface area contributed by atoms with Crippen molar-refractivity contribution < 1.29 is 9.16 Å². The molecule has 0 aromatic heterocycles. The molecule has 1 aliphatic heterocycles. The van der Waals surface area contributed by atoms with E-state index in [1.807, 2.05) is 60.7 Å². The fourth-order valence-electron chi connectivity index (χ4n) is 2.87. The molecule has 0 aliphatic carbocycles. The lowest BCUT2D eigenvalue weighted by Gasteiger charge is -2.21. The lowest BCUT2D eigenvalue weighted by atomic mass is 10.2. The van der Waals surface area contributed by atoms with E-state index >= 15 is 0 Å². The van der Waals surface area contributed by atoms with Crippen molar-refractivity contribution in [3.05, 3.63) is 90.5 Å². The second kappa shape index (κ2) is 9.95. The minimum atomic E-state index is -0.656. The van der Waals surface area contributed by atoms with Gasteiger partial charge in [-0.3, -0.25) is 0 Å². The van der Waals surface area contributed by atoms with Crippen LogP contribution in [-0.2, 0) is 4.43 Å². The van der Waals surface area contributed by atoms with Crippen molar-refractivity contribution in [2.24, 2.45) is 0 Å². The number of aryl methyl sites for hydroxylation is 1. The van der Waals surface area contributed by atoms with Crippen molar-refractivity contribution in [2.75, 3.05) is 6.61 Å². The summed E-state index contributed by atoms with van der Waals surface area (Å²) in [5, 5.41) is 1.48. The second-order valence-corrected chi connectivity index (χ2v) is 8.45. The van der Waals surface area contributed by atoms with Gasteiger partial charge in [-0.25, -0.2) is 0 Å². The molecule has 2 nitrogen and oxygen atoms in total. The number of hydrogen-bond acceptors (Lipinski definition) is 2. The molecule has 3 heteroatoms. The van der Waals surface area contributed by atoms with Crippen LogP contribution in [0.5, 0.6) is 11.5 Å². The molecule has 1 saturated heterocycles. The number of rotatable bonds is 3. The highest BCUT2D eigenvalue weighted by Gasteiger charge is 2.20. The molecular weight excluding hydrogens is 336 g/mol. The normalized spacial score (nSPS) is 14.2. The molecule has 4 rings (SSSR count). The molecular formula is C23H25O2Si. The van der Waals surface area contributed by atoms with Gasteiger partial charge in [0.2, 0.25) is 9.04 Å². The second-order valence-electron chi connectivity index (χ2n) is 6.27. The Morgan fingerprint density at radius 3 is 1.85 bits per heavy atom. The largest absolute Gasteiger partial charge is 0.457 e. The van der Waals surface area contributed by atoms with Gasteiger partial charge in [0.05, 0.1) is 0 Å². The zero-order valence-corrected chi connectivity index (χ0v) is 16.2. The average Bonchev–Trinajstić information content (AvgIpc) is 2.71. The minimum Gasteiger partial charge on any atom is -0.457 e.